The number of ether oxygens (including phenoxy) is 4. The van der Waals surface area contributed by atoms with Gasteiger partial charge in [-0.2, -0.15) is 0 Å². The van der Waals surface area contributed by atoms with Crippen molar-refractivity contribution in [2.75, 3.05) is 26.0 Å². The first-order chi connectivity index (χ1) is 27.2. The summed E-state index contributed by atoms with van der Waals surface area (Å²) in [6.07, 6.45) is -1.98. The highest BCUT2D eigenvalue weighted by atomic mass is 35.5. The fourth-order valence-corrected chi connectivity index (χ4v) is 6.51. The first-order valence-corrected chi connectivity index (χ1v) is 18.7. The molecule has 6 aromatic rings. The largest absolute Gasteiger partial charge is 0.497 e. The van der Waals surface area contributed by atoms with E-state index in [0.717, 1.165) is 0 Å². The zero-order chi connectivity index (χ0) is 40.0. The summed E-state index contributed by atoms with van der Waals surface area (Å²) in [7, 11) is 3.15. The van der Waals surface area contributed by atoms with E-state index in [1.807, 2.05) is 97.1 Å². The van der Waals surface area contributed by atoms with Gasteiger partial charge in [0.15, 0.2) is 23.4 Å². The minimum Gasteiger partial charge on any atom is -0.497 e. The lowest BCUT2D eigenvalue weighted by Gasteiger charge is -2.37. The fourth-order valence-electron chi connectivity index (χ4n) is 6.38. The van der Waals surface area contributed by atoms with Gasteiger partial charge in [-0.25, -0.2) is 0 Å². The Balaban J connectivity index is 0.000000214. The summed E-state index contributed by atoms with van der Waals surface area (Å²) in [6, 6.07) is 50.6. The van der Waals surface area contributed by atoms with E-state index >= 15 is 0 Å². The Morgan fingerprint density at radius 1 is 0.464 bits per heavy atom. The van der Waals surface area contributed by atoms with Gasteiger partial charge in [-0.05, 0) is 57.6 Å². The van der Waals surface area contributed by atoms with Gasteiger partial charge < -0.3 is 29.2 Å². The van der Waals surface area contributed by atoms with Crippen molar-refractivity contribution < 1.29 is 38.7 Å². The molecule has 4 atom stereocenters. The number of aliphatic hydroxyl groups is 2. The number of alkyl halides is 2. The van der Waals surface area contributed by atoms with Crippen LogP contribution in [0.15, 0.2) is 170 Å². The van der Waals surface area contributed by atoms with Gasteiger partial charge in [0.25, 0.3) is 0 Å². The van der Waals surface area contributed by atoms with Crippen LogP contribution in [0.1, 0.15) is 45.6 Å². The minimum atomic E-state index is -1.63. The quantitative estimate of drug-likeness (QED) is 0.0832. The van der Waals surface area contributed by atoms with E-state index < -0.39 is 35.3 Å². The van der Waals surface area contributed by atoms with Crippen LogP contribution in [0.25, 0.3) is 0 Å². The molecule has 0 fully saturated rings. The number of rotatable bonds is 14. The molecule has 0 radical (unpaired) electrons. The standard InChI is InChI=1S/2C23H21ClO4/c2*1-27-20-14-12-19(13-15-20)23(26,18-10-6-3-7-11-18)22(28-21(25)16-24)17-8-4-2-5-9-17/h2*2-15,22,26H,16H2,1H3. The summed E-state index contributed by atoms with van der Waals surface area (Å²) in [6.45, 7) is 0. The summed E-state index contributed by atoms with van der Waals surface area (Å²) in [5.41, 5.74) is 0.373. The molecule has 4 unspecified atom stereocenters. The molecular formula is C46H42Cl2O8. The summed E-state index contributed by atoms with van der Waals surface area (Å²) in [5.74, 6) is -0.522. The number of carbonyl (C=O) groups excluding carboxylic acids is 2. The van der Waals surface area contributed by atoms with Crippen molar-refractivity contribution in [3.05, 3.63) is 203 Å². The van der Waals surface area contributed by atoms with Crippen molar-refractivity contribution in [1.82, 2.24) is 0 Å². The van der Waals surface area contributed by atoms with Crippen LogP contribution < -0.4 is 9.47 Å². The fraction of sp³-hybridized carbons (Fsp3) is 0.174. The van der Waals surface area contributed by atoms with Gasteiger partial charge in [-0.15, -0.1) is 23.2 Å². The molecule has 6 aromatic carbocycles. The molecule has 288 valence electrons. The van der Waals surface area contributed by atoms with E-state index in [1.165, 1.54) is 0 Å². The maximum Gasteiger partial charge on any atom is 0.321 e. The van der Waals surface area contributed by atoms with Crippen LogP contribution in [-0.4, -0.2) is 48.1 Å². The van der Waals surface area contributed by atoms with Crippen molar-refractivity contribution in [3.63, 3.8) is 0 Å². The molecule has 56 heavy (non-hydrogen) atoms. The molecular weight excluding hydrogens is 751 g/mol. The number of carbonyl (C=O) groups is 2. The summed E-state index contributed by atoms with van der Waals surface area (Å²) in [5, 5.41) is 24.0. The lowest BCUT2D eigenvalue weighted by molar-refractivity contribution is -0.161. The molecule has 0 heterocycles. The lowest BCUT2D eigenvalue weighted by atomic mass is 9.79. The molecule has 0 saturated heterocycles. The third kappa shape index (κ3) is 9.59. The smallest absolute Gasteiger partial charge is 0.321 e. The van der Waals surface area contributed by atoms with Crippen LogP contribution in [-0.2, 0) is 30.3 Å². The molecule has 8 nitrogen and oxygen atoms in total. The van der Waals surface area contributed by atoms with Crippen molar-refractivity contribution in [1.29, 1.82) is 0 Å². The Morgan fingerprint density at radius 2 is 0.732 bits per heavy atom. The second-order valence-electron chi connectivity index (χ2n) is 12.6. The molecule has 2 N–H and O–H groups in total. The zero-order valence-electron chi connectivity index (χ0n) is 30.8. The molecule has 0 amide bonds. The molecule has 0 aliphatic heterocycles. The second-order valence-corrected chi connectivity index (χ2v) is 13.1. The van der Waals surface area contributed by atoms with E-state index in [1.54, 1.807) is 87.0 Å². The van der Waals surface area contributed by atoms with Crippen LogP contribution in [0.4, 0.5) is 0 Å². The predicted molar refractivity (Wildman–Crippen MR) is 217 cm³/mol. The highest BCUT2D eigenvalue weighted by molar-refractivity contribution is 6.26. The van der Waals surface area contributed by atoms with Crippen LogP contribution >= 0.6 is 23.2 Å². The van der Waals surface area contributed by atoms with Gasteiger partial charge in [0.1, 0.15) is 23.3 Å². The Hall–Kier alpha value is -5.64. The highest BCUT2D eigenvalue weighted by Crippen LogP contribution is 2.45. The van der Waals surface area contributed by atoms with E-state index in [-0.39, 0.29) is 11.8 Å². The molecule has 0 aliphatic carbocycles. The van der Waals surface area contributed by atoms with Gasteiger partial charge in [0.05, 0.1) is 14.2 Å². The Bertz CT molecular complexity index is 1950. The molecule has 10 heteroatoms. The Kier molecular flexibility index (Phi) is 14.7. The van der Waals surface area contributed by atoms with Gasteiger partial charge in [0.2, 0.25) is 0 Å². The molecule has 0 spiro atoms. The van der Waals surface area contributed by atoms with E-state index in [0.29, 0.717) is 44.9 Å². The number of benzene rings is 6. The number of methoxy groups -OCH3 is 2. The first kappa shape index (κ1) is 41.5. The van der Waals surface area contributed by atoms with Gasteiger partial charge >= 0.3 is 11.9 Å². The van der Waals surface area contributed by atoms with Gasteiger partial charge in [-0.1, -0.05) is 146 Å². The van der Waals surface area contributed by atoms with E-state index in [4.69, 9.17) is 42.1 Å². The Labute approximate surface area is 336 Å². The van der Waals surface area contributed by atoms with Gasteiger partial charge in [-0.3, -0.25) is 9.59 Å². The lowest BCUT2D eigenvalue weighted by Crippen LogP contribution is -2.38. The minimum absolute atomic E-state index is 0.309. The SMILES string of the molecule is COc1ccc(C(O)(c2ccccc2)C(OC(=O)CCl)c2ccccc2)cc1.COc1ccc(C(O)(c2ccccc2)C(OC(=O)CCl)c2ccccc2)cc1. The topological polar surface area (TPSA) is 112 Å². The third-order valence-corrected chi connectivity index (χ3v) is 9.60. The van der Waals surface area contributed by atoms with Crippen LogP contribution in [0, 0.1) is 0 Å². The molecule has 0 aromatic heterocycles. The number of halogens is 2. The van der Waals surface area contributed by atoms with Crippen LogP contribution in [0.2, 0.25) is 0 Å². The molecule has 0 saturated carbocycles. The molecule has 6 rings (SSSR count). The molecule has 0 aliphatic rings. The highest BCUT2D eigenvalue weighted by Gasteiger charge is 2.45. The van der Waals surface area contributed by atoms with E-state index in [2.05, 4.69) is 0 Å². The Morgan fingerprint density at radius 3 is 1.00 bits per heavy atom. The average Bonchev–Trinajstić information content (AvgIpc) is 3.28. The van der Waals surface area contributed by atoms with Crippen molar-refractivity contribution in [3.8, 4) is 11.5 Å². The normalized spacial score (nSPS) is 14.0. The average molecular weight is 794 g/mol. The molecule has 0 bridgehead atoms. The van der Waals surface area contributed by atoms with Crippen molar-refractivity contribution >= 4 is 35.1 Å². The summed E-state index contributed by atoms with van der Waals surface area (Å²) in [4.78, 5) is 24.2. The van der Waals surface area contributed by atoms with Crippen molar-refractivity contribution in [2.45, 2.75) is 23.4 Å². The van der Waals surface area contributed by atoms with E-state index in [9.17, 15) is 19.8 Å². The first-order valence-electron chi connectivity index (χ1n) is 17.6. The summed E-state index contributed by atoms with van der Waals surface area (Å²) >= 11 is 11.4. The number of hydrogen-bond acceptors (Lipinski definition) is 8. The maximum absolute atomic E-state index is 12.1. The number of hydrogen-bond donors (Lipinski definition) is 2. The second kappa shape index (κ2) is 19.8. The monoisotopic (exact) mass is 792 g/mol. The van der Waals surface area contributed by atoms with Crippen LogP contribution in [0.3, 0.4) is 0 Å². The zero-order valence-corrected chi connectivity index (χ0v) is 32.3. The van der Waals surface area contributed by atoms with Gasteiger partial charge in [0, 0.05) is 0 Å². The summed E-state index contributed by atoms with van der Waals surface area (Å²) < 4.78 is 21.8. The van der Waals surface area contributed by atoms with Crippen molar-refractivity contribution in [2.24, 2.45) is 0 Å². The predicted octanol–water partition coefficient (Wildman–Crippen LogP) is 8.91. The maximum atomic E-state index is 12.1. The third-order valence-electron chi connectivity index (χ3n) is 9.17. The number of esters is 2. The van der Waals surface area contributed by atoms with Crippen LogP contribution in [0.5, 0.6) is 11.5 Å².